The summed E-state index contributed by atoms with van der Waals surface area (Å²) in [5.74, 6) is -0.600. The van der Waals surface area contributed by atoms with Gasteiger partial charge in [0, 0.05) is 6.42 Å². The Morgan fingerprint density at radius 3 is 2.11 bits per heavy atom. The standard InChI is InChI=1S/C31H28FNO5/c1-22(24-9-11-26(12-10-24)25-5-3-2-4-6-25)33-37-20-19-36-28-15-7-23(8-16-28)21-30(31(34)35)38-29-17-13-27(32)14-18-29/h2-18,30H,19-21H2,1H3,(H,34,35)/t30-/m0/s1. The van der Waals surface area contributed by atoms with E-state index in [9.17, 15) is 14.3 Å². The van der Waals surface area contributed by atoms with Crippen molar-refractivity contribution in [2.75, 3.05) is 13.2 Å². The Balaban J connectivity index is 1.21. The second-order valence-corrected chi connectivity index (χ2v) is 8.55. The van der Waals surface area contributed by atoms with Crippen molar-refractivity contribution in [2.24, 2.45) is 5.16 Å². The van der Waals surface area contributed by atoms with Crippen molar-refractivity contribution in [1.29, 1.82) is 0 Å². The van der Waals surface area contributed by atoms with E-state index in [1.54, 1.807) is 24.3 Å². The summed E-state index contributed by atoms with van der Waals surface area (Å²) in [6, 6.07) is 30.6. The van der Waals surface area contributed by atoms with Crippen LogP contribution < -0.4 is 9.47 Å². The van der Waals surface area contributed by atoms with Crippen molar-refractivity contribution >= 4 is 11.7 Å². The molecule has 0 amide bonds. The molecule has 0 aliphatic heterocycles. The molecule has 4 aromatic carbocycles. The van der Waals surface area contributed by atoms with Gasteiger partial charge >= 0.3 is 5.97 Å². The van der Waals surface area contributed by atoms with Crippen molar-refractivity contribution < 1.29 is 28.6 Å². The monoisotopic (exact) mass is 513 g/mol. The maximum atomic E-state index is 13.1. The van der Waals surface area contributed by atoms with Crippen LogP contribution in [0.1, 0.15) is 18.1 Å². The molecule has 1 atom stereocenters. The summed E-state index contributed by atoms with van der Waals surface area (Å²) in [7, 11) is 0. The molecule has 4 rings (SSSR count). The van der Waals surface area contributed by atoms with Gasteiger partial charge in [0.25, 0.3) is 0 Å². The molecule has 0 radical (unpaired) electrons. The van der Waals surface area contributed by atoms with E-state index in [0.29, 0.717) is 18.1 Å². The van der Waals surface area contributed by atoms with Gasteiger partial charge in [-0.05, 0) is 65.6 Å². The number of ether oxygens (including phenoxy) is 2. The fraction of sp³-hybridized carbons (Fsp3) is 0.161. The van der Waals surface area contributed by atoms with E-state index < -0.39 is 17.9 Å². The van der Waals surface area contributed by atoms with Gasteiger partial charge < -0.3 is 19.4 Å². The number of nitrogens with zero attached hydrogens (tertiary/aromatic N) is 1. The van der Waals surface area contributed by atoms with Gasteiger partial charge in [-0.3, -0.25) is 0 Å². The summed E-state index contributed by atoms with van der Waals surface area (Å²) in [6.07, 6.45) is -0.951. The van der Waals surface area contributed by atoms with Crippen molar-refractivity contribution in [3.8, 4) is 22.6 Å². The molecule has 6 nitrogen and oxygen atoms in total. The molecule has 0 fully saturated rings. The molecular weight excluding hydrogens is 485 g/mol. The molecule has 194 valence electrons. The molecule has 0 saturated carbocycles. The fourth-order valence-electron chi connectivity index (χ4n) is 3.72. The molecule has 0 heterocycles. The second kappa shape index (κ2) is 13.1. The molecule has 0 aliphatic carbocycles. The second-order valence-electron chi connectivity index (χ2n) is 8.55. The van der Waals surface area contributed by atoms with Gasteiger partial charge in [-0.25, -0.2) is 9.18 Å². The summed E-state index contributed by atoms with van der Waals surface area (Å²) in [4.78, 5) is 17.0. The first-order valence-electron chi connectivity index (χ1n) is 12.2. The number of oxime groups is 1. The van der Waals surface area contributed by atoms with Gasteiger partial charge in [0.1, 0.15) is 23.9 Å². The molecule has 0 aromatic heterocycles. The third-order valence-electron chi connectivity index (χ3n) is 5.77. The molecule has 0 spiro atoms. The van der Waals surface area contributed by atoms with Crippen molar-refractivity contribution in [3.05, 3.63) is 120 Å². The molecule has 38 heavy (non-hydrogen) atoms. The number of aliphatic carboxylic acids is 1. The van der Waals surface area contributed by atoms with Crippen LogP contribution in [0.2, 0.25) is 0 Å². The first-order valence-corrected chi connectivity index (χ1v) is 12.2. The maximum absolute atomic E-state index is 13.1. The van der Waals surface area contributed by atoms with Crippen LogP contribution in [0.3, 0.4) is 0 Å². The number of carbonyl (C=O) groups is 1. The van der Waals surface area contributed by atoms with E-state index in [-0.39, 0.29) is 13.0 Å². The Labute approximate surface area is 220 Å². The van der Waals surface area contributed by atoms with Gasteiger partial charge in [-0.1, -0.05) is 71.9 Å². The Bertz CT molecular complexity index is 1340. The van der Waals surface area contributed by atoms with E-state index in [0.717, 1.165) is 28.0 Å². The Kier molecular flexibility index (Phi) is 9.07. The lowest BCUT2D eigenvalue weighted by molar-refractivity contribution is -0.145. The first kappa shape index (κ1) is 26.4. The number of halogens is 1. The smallest absolute Gasteiger partial charge is 0.345 e. The Hall–Kier alpha value is -4.65. The lowest BCUT2D eigenvalue weighted by Crippen LogP contribution is -2.29. The normalized spacial score (nSPS) is 12.0. The number of hydrogen-bond donors (Lipinski definition) is 1. The van der Waals surface area contributed by atoms with E-state index in [2.05, 4.69) is 29.4 Å². The minimum atomic E-state index is -1.10. The minimum absolute atomic E-state index is 0.149. The van der Waals surface area contributed by atoms with Gasteiger partial charge in [0.05, 0.1) is 5.71 Å². The van der Waals surface area contributed by atoms with Crippen molar-refractivity contribution in [3.63, 3.8) is 0 Å². The van der Waals surface area contributed by atoms with Gasteiger partial charge in [0.15, 0.2) is 12.7 Å². The lowest BCUT2D eigenvalue weighted by Gasteiger charge is -2.15. The summed E-state index contributed by atoms with van der Waals surface area (Å²) in [5, 5.41) is 13.7. The zero-order valence-electron chi connectivity index (χ0n) is 20.9. The first-order chi connectivity index (χ1) is 18.5. The van der Waals surface area contributed by atoms with Crippen LogP contribution >= 0.6 is 0 Å². The molecule has 0 saturated heterocycles. The largest absolute Gasteiger partial charge is 0.490 e. The van der Waals surface area contributed by atoms with Crippen molar-refractivity contribution in [2.45, 2.75) is 19.4 Å². The van der Waals surface area contributed by atoms with Gasteiger partial charge in [0.2, 0.25) is 0 Å². The van der Waals surface area contributed by atoms with Crippen LogP contribution in [-0.4, -0.2) is 36.1 Å². The average Bonchev–Trinajstić information content (AvgIpc) is 2.95. The third-order valence-corrected chi connectivity index (χ3v) is 5.77. The summed E-state index contributed by atoms with van der Waals surface area (Å²) in [5.41, 5.74) is 4.81. The Morgan fingerprint density at radius 2 is 1.45 bits per heavy atom. The van der Waals surface area contributed by atoms with Crippen LogP contribution in [-0.2, 0) is 16.1 Å². The minimum Gasteiger partial charge on any atom is -0.490 e. The van der Waals surface area contributed by atoms with Gasteiger partial charge in [-0.2, -0.15) is 0 Å². The predicted molar refractivity (Wildman–Crippen MR) is 144 cm³/mol. The molecule has 0 unspecified atom stereocenters. The zero-order valence-corrected chi connectivity index (χ0v) is 20.9. The quantitative estimate of drug-likeness (QED) is 0.135. The number of rotatable bonds is 12. The van der Waals surface area contributed by atoms with Crippen LogP contribution in [0, 0.1) is 5.82 Å². The number of carboxylic acid groups (broad SMARTS) is 1. The predicted octanol–water partition coefficient (Wildman–Crippen LogP) is 6.39. The third kappa shape index (κ3) is 7.67. The van der Waals surface area contributed by atoms with Crippen LogP contribution in [0.15, 0.2) is 108 Å². The highest BCUT2D eigenvalue weighted by Crippen LogP contribution is 2.20. The summed E-state index contributed by atoms with van der Waals surface area (Å²) < 4.78 is 24.3. The molecular formula is C31H28FNO5. The van der Waals surface area contributed by atoms with Crippen LogP contribution in [0.4, 0.5) is 4.39 Å². The van der Waals surface area contributed by atoms with E-state index >= 15 is 0 Å². The topological polar surface area (TPSA) is 77.3 Å². The number of hydrogen-bond acceptors (Lipinski definition) is 5. The highest BCUT2D eigenvalue weighted by molar-refractivity contribution is 5.98. The highest BCUT2D eigenvalue weighted by atomic mass is 19.1. The molecule has 0 bridgehead atoms. The van der Waals surface area contributed by atoms with E-state index in [4.69, 9.17) is 14.3 Å². The average molecular weight is 514 g/mol. The van der Waals surface area contributed by atoms with Gasteiger partial charge in [-0.15, -0.1) is 0 Å². The van der Waals surface area contributed by atoms with Crippen molar-refractivity contribution in [1.82, 2.24) is 0 Å². The number of carboxylic acids is 1. The molecule has 0 aliphatic rings. The zero-order chi connectivity index (χ0) is 26.7. The summed E-state index contributed by atoms with van der Waals surface area (Å²) in [6.45, 7) is 2.46. The lowest BCUT2D eigenvalue weighted by atomic mass is 10.0. The molecule has 7 heteroatoms. The van der Waals surface area contributed by atoms with E-state index in [1.165, 1.54) is 24.3 Å². The summed E-state index contributed by atoms with van der Waals surface area (Å²) >= 11 is 0. The van der Waals surface area contributed by atoms with Crippen LogP contribution in [0.25, 0.3) is 11.1 Å². The Morgan fingerprint density at radius 1 is 0.816 bits per heavy atom. The fourth-order valence-corrected chi connectivity index (χ4v) is 3.72. The SMILES string of the molecule is CC(=NOCCOc1ccc(C[C@H](Oc2ccc(F)cc2)C(=O)O)cc1)c1ccc(-c2ccccc2)cc1. The number of benzene rings is 4. The van der Waals surface area contributed by atoms with Crippen LogP contribution in [0.5, 0.6) is 11.5 Å². The maximum Gasteiger partial charge on any atom is 0.345 e. The molecule has 1 N–H and O–H groups in total. The van der Waals surface area contributed by atoms with E-state index in [1.807, 2.05) is 37.3 Å². The highest BCUT2D eigenvalue weighted by Gasteiger charge is 2.20. The molecule has 4 aromatic rings.